The number of aromatic nitrogens is 1. The van der Waals surface area contributed by atoms with Gasteiger partial charge in [0.05, 0.1) is 12.1 Å². The summed E-state index contributed by atoms with van der Waals surface area (Å²) in [6.45, 7) is 0.0331. The molecule has 2 rings (SSSR count). The highest BCUT2D eigenvalue weighted by molar-refractivity contribution is 5.96. The van der Waals surface area contributed by atoms with Gasteiger partial charge in [-0.05, 0) is 23.8 Å². The number of amides is 2. The highest BCUT2D eigenvalue weighted by atomic mass is 16.2. The van der Waals surface area contributed by atoms with E-state index in [2.05, 4.69) is 4.98 Å². The zero-order valence-electron chi connectivity index (χ0n) is 11.4. The van der Waals surface area contributed by atoms with Gasteiger partial charge in [-0.2, -0.15) is 0 Å². The summed E-state index contributed by atoms with van der Waals surface area (Å²) in [6, 6.07) is 10.5. The maximum atomic E-state index is 12.4. The van der Waals surface area contributed by atoms with Crippen LogP contribution in [0.15, 0.2) is 48.8 Å². The van der Waals surface area contributed by atoms with Gasteiger partial charge in [-0.15, -0.1) is 0 Å². The Balaban J connectivity index is 2.25. The van der Waals surface area contributed by atoms with Crippen LogP contribution in [0.5, 0.6) is 0 Å². The molecule has 108 valence electrons. The van der Waals surface area contributed by atoms with Crippen molar-refractivity contribution in [2.75, 3.05) is 12.3 Å². The van der Waals surface area contributed by atoms with E-state index in [9.17, 15) is 9.59 Å². The number of nitrogens with zero attached hydrogens (tertiary/aromatic N) is 2. The molecular formula is C15H16N4O2. The summed E-state index contributed by atoms with van der Waals surface area (Å²) in [5.74, 6) is -0.896. The van der Waals surface area contributed by atoms with E-state index in [1.807, 2.05) is 6.07 Å². The Bertz CT molecular complexity index is 643. The third-order valence-electron chi connectivity index (χ3n) is 2.96. The number of carbonyl (C=O) groups is 2. The molecule has 0 unspecified atom stereocenters. The smallest absolute Gasteiger partial charge is 0.256 e. The zero-order chi connectivity index (χ0) is 15.2. The first-order valence-electron chi connectivity index (χ1n) is 6.39. The second-order valence-corrected chi connectivity index (χ2v) is 4.57. The molecule has 0 fully saturated rings. The third-order valence-corrected chi connectivity index (χ3v) is 2.96. The van der Waals surface area contributed by atoms with Crippen molar-refractivity contribution in [1.82, 2.24) is 9.88 Å². The van der Waals surface area contributed by atoms with Crippen LogP contribution in [0, 0.1) is 0 Å². The first-order chi connectivity index (χ1) is 10.1. The number of nitrogens with two attached hydrogens (primary N) is 2. The van der Waals surface area contributed by atoms with Crippen molar-refractivity contribution in [2.24, 2.45) is 5.73 Å². The molecule has 2 aromatic rings. The van der Waals surface area contributed by atoms with Crippen LogP contribution in [0.1, 0.15) is 15.9 Å². The zero-order valence-corrected chi connectivity index (χ0v) is 11.4. The van der Waals surface area contributed by atoms with Gasteiger partial charge in [0.25, 0.3) is 5.91 Å². The van der Waals surface area contributed by atoms with Crippen LogP contribution in [0.25, 0.3) is 0 Å². The molecule has 2 amide bonds. The standard InChI is InChI=1S/C15H16N4O2/c16-13-6-2-1-4-12(13)9-19(10-14(17)20)15(21)11-5-3-7-18-8-11/h1-8H,9-10,16H2,(H2,17,20). The van der Waals surface area contributed by atoms with Crippen LogP contribution < -0.4 is 11.5 Å². The Labute approximate surface area is 122 Å². The summed E-state index contributed by atoms with van der Waals surface area (Å²) < 4.78 is 0. The number of nitrogen functional groups attached to an aromatic ring is 1. The van der Waals surface area contributed by atoms with Crippen molar-refractivity contribution in [3.63, 3.8) is 0 Å². The number of rotatable bonds is 5. The van der Waals surface area contributed by atoms with Gasteiger partial charge in [-0.1, -0.05) is 18.2 Å². The van der Waals surface area contributed by atoms with E-state index in [1.165, 1.54) is 11.1 Å². The molecule has 1 aromatic heterocycles. The van der Waals surface area contributed by atoms with Gasteiger partial charge in [-0.25, -0.2) is 0 Å². The van der Waals surface area contributed by atoms with Crippen LogP contribution in [0.4, 0.5) is 5.69 Å². The fraction of sp³-hybridized carbons (Fsp3) is 0.133. The molecule has 0 aliphatic rings. The van der Waals surface area contributed by atoms with E-state index in [0.717, 1.165) is 5.56 Å². The van der Waals surface area contributed by atoms with Gasteiger partial charge in [0, 0.05) is 24.6 Å². The lowest BCUT2D eigenvalue weighted by Gasteiger charge is -2.22. The van der Waals surface area contributed by atoms with E-state index >= 15 is 0 Å². The monoisotopic (exact) mass is 284 g/mol. The molecule has 0 saturated carbocycles. The lowest BCUT2D eigenvalue weighted by atomic mass is 10.1. The average molecular weight is 284 g/mol. The summed E-state index contributed by atoms with van der Waals surface area (Å²) in [5, 5.41) is 0. The number of carbonyl (C=O) groups excluding carboxylic acids is 2. The maximum Gasteiger partial charge on any atom is 0.256 e. The van der Waals surface area contributed by atoms with Gasteiger partial charge in [-0.3, -0.25) is 14.6 Å². The van der Waals surface area contributed by atoms with E-state index in [-0.39, 0.29) is 19.0 Å². The Hall–Kier alpha value is -2.89. The maximum absolute atomic E-state index is 12.4. The predicted octanol–water partition coefficient (Wildman–Crippen LogP) is 0.791. The number of pyridine rings is 1. The minimum absolute atomic E-state index is 0.179. The number of hydrogen-bond donors (Lipinski definition) is 2. The summed E-state index contributed by atoms with van der Waals surface area (Å²) in [4.78, 5) is 28.9. The van der Waals surface area contributed by atoms with Crippen molar-refractivity contribution in [1.29, 1.82) is 0 Å². The highest BCUT2D eigenvalue weighted by Crippen LogP contribution is 2.15. The molecule has 0 saturated heterocycles. The van der Waals surface area contributed by atoms with Gasteiger partial charge >= 0.3 is 0 Å². The fourth-order valence-electron chi connectivity index (χ4n) is 1.94. The molecule has 0 spiro atoms. The normalized spacial score (nSPS) is 10.1. The molecule has 21 heavy (non-hydrogen) atoms. The summed E-state index contributed by atoms with van der Waals surface area (Å²) >= 11 is 0. The van der Waals surface area contributed by atoms with Gasteiger partial charge in [0.1, 0.15) is 0 Å². The van der Waals surface area contributed by atoms with Gasteiger partial charge in [0.15, 0.2) is 0 Å². The van der Waals surface area contributed by atoms with E-state index in [1.54, 1.807) is 36.5 Å². The minimum atomic E-state index is -0.582. The third kappa shape index (κ3) is 3.79. The van der Waals surface area contributed by atoms with Crippen LogP contribution in [-0.4, -0.2) is 28.2 Å². The molecular weight excluding hydrogens is 268 g/mol. The first kappa shape index (κ1) is 14.5. The number of anilines is 1. The Morgan fingerprint density at radius 2 is 1.90 bits per heavy atom. The molecule has 6 heteroatoms. The van der Waals surface area contributed by atoms with Crippen LogP contribution in [0.2, 0.25) is 0 Å². The molecule has 0 aliphatic heterocycles. The molecule has 0 atom stereocenters. The van der Waals surface area contributed by atoms with Crippen molar-refractivity contribution >= 4 is 17.5 Å². The Morgan fingerprint density at radius 3 is 2.52 bits per heavy atom. The van der Waals surface area contributed by atoms with Crippen LogP contribution in [0.3, 0.4) is 0 Å². The SMILES string of the molecule is NC(=O)CN(Cc1ccccc1N)C(=O)c1cccnc1. The van der Waals surface area contributed by atoms with Gasteiger partial charge < -0.3 is 16.4 Å². The van der Waals surface area contributed by atoms with E-state index in [4.69, 9.17) is 11.5 Å². The van der Waals surface area contributed by atoms with E-state index in [0.29, 0.717) is 11.3 Å². The lowest BCUT2D eigenvalue weighted by molar-refractivity contribution is -0.118. The molecule has 6 nitrogen and oxygen atoms in total. The van der Waals surface area contributed by atoms with Crippen molar-refractivity contribution in [3.8, 4) is 0 Å². The number of para-hydroxylation sites is 1. The minimum Gasteiger partial charge on any atom is -0.398 e. The largest absolute Gasteiger partial charge is 0.398 e. The molecule has 0 radical (unpaired) electrons. The predicted molar refractivity (Wildman–Crippen MR) is 79.0 cm³/mol. The molecule has 4 N–H and O–H groups in total. The number of hydrogen-bond acceptors (Lipinski definition) is 4. The van der Waals surface area contributed by atoms with Crippen molar-refractivity contribution in [2.45, 2.75) is 6.54 Å². The van der Waals surface area contributed by atoms with Crippen molar-refractivity contribution < 1.29 is 9.59 Å². The fourth-order valence-corrected chi connectivity index (χ4v) is 1.94. The second-order valence-electron chi connectivity index (χ2n) is 4.57. The summed E-state index contributed by atoms with van der Waals surface area (Å²) in [5.41, 5.74) is 12.8. The first-order valence-corrected chi connectivity index (χ1v) is 6.39. The Morgan fingerprint density at radius 1 is 1.14 bits per heavy atom. The Kier molecular flexibility index (Phi) is 4.50. The van der Waals surface area contributed by atoms with Crippen LogP contribution in [-0.2, 0) is 11.3 Å². The highest BCUT2D eigenvalue weighted by Gasteiger charge is 2.19. The molecule has 0 aliphatic carbocycles. The van der Waals surface area contributed by atoms with Crippen LogP contribution >= 0.6 is 0 Å². The lowest BCUT2D eigenvalue weighted by Crippen LogP contribution is -2.38. The summed E-state index contributed by atoms with van der Waals surface area (Å²) in [6.07, 6.45) is 3.02. The van der Waals surface area contributed by atoms with E-state index < -0.39 is 5.91 Å². The second kappa shape index (κ2) is 6.51. The summed E-state index contributed by atoms with van der Waals surface area (Å²) in [7, 11) is 0. The number of benzene rings is 1. The number of primary amides is 1. The quantitative estimate of drug-likeness (QED) is 0.792. The van der Waals surface area contributed by atoms with Gasteiger partial charge in [0.2, 0.25) is 5.91 Å². The average Bonchev–Trinajstić information content (AvgIpc) is 2.48. The molecule has 1 heterocycles. The molecule has 1 aromatic carbocycles. The van der Waals surface area contributed by atoms with Crippen molar-refractivity contribution in [3.05, 3.63) is 59.9 Å². The molecule has 0 bridgehead atoms. The topological polar surface area (TPSA) is 102 Å².